The monoisotopic (exact) mass is 447 g/mol. The number of ether oxygens (including phenoxy) is 3. The minimum Gasteiger partial charge on any atom is -0.493 e. The lowest BCUT2D eigenvalue weighted by Crippen LogP contribution is -2.24. The van der Waals surface area contributed by atoms with Crippen molar-refractivity contribution in [1.29, 1.82) is 0 Å². The van der Waals surface area contributed by atoms with E-state index in [-0.39, 0.29) is 12.1 Å². The van der Waals surface area contributed by atoms with E-state index in [2.05, 4.69) is 14.9 Å². The summed E-state index contributed by atoms with van der Waals surface area (Å²) < 4.78 is 17.1. The number of benzene rings is 2. The molecular weight excluding hydrogens is 418 g/mol. The largest absolute Gasteiger partial charge is 0.493 e. The summed E-state index contributed by atoms with van der Waals surface area (Å²) in [4.78, 5) is 22.9. The molecule has 3 aromatic rings. The van der Waals surface area contributed by atoms with E-state index in [1.54, 1.807) is 31.6 Å². The van der Waals surface area contributed by atoms with Crippen LogP contribution in [0, 0.1) is 0 Å². The molecule has 0 spiro atoms. The maximum absolute atomic E-state index is 12.4. The highest BCUT2D eigenvalue weighted by Crippen LogP contribution is 2.38. The lowest BCUT2D eigenvalue weighted by atomic mass is 10.1. The number of hydrogen-bond acceptors (Lipinski definition) is 7. The Balaban J connectivity index is 1.66. The summed E-state index contributed by atoms with van der Waals surface area (Å²) in [5.74, 6) is 1.08. The fraction of sp³-hybridized carbons (Fsp3) is 0.346. The average Bonchev–Trinajstić information content (AvgIpc) is 3.61. The summed E-state index contributed by atoms with van der Waals surface area (Å²) in [6, 6.07) is 13.3. The van der Waals surface area contributed by atoms with Gasteiger partial charge in [0.25, 0.3) is 0 Å². The molecule has 2 aromatic carbocycles. The van der Waals surface area contributed by atoms with Crippen molar-refractivity contribution in [2.75, 3.05) is 12.0 Å². The van der Waals surface area contributed by atoms with Gasteiger partial charge in [-0.2, -0.15) is 0 Å². The van der Waals surface area contributed by atoms with E-state index in [0.29, 0.717) is 17.9 Å². The molecule has 4 rings (SSSR count). The highest BCUT2D eigenvalue weighted by atomic mass is 16.6. The first-order chi connectivity index (χ1) is 15.8. The molecule has 0 atom stereocenters. The van der Waals surface area contributed by atoms with Gasteiger partial charge in [-0.25, -0.2) is 14.8 Å². The Bertz CT molecular complexity index is 1090. The third-order valence-corrected chi connectivity index (χ3v) is 5.05. The van der Waals surface area contributed by atoms with Crippen molar-refractivity contribution in [3.63, 3.8) is 0 Å². The van der Waals surface area contributed by atoms with Crippen LogP contribution in [0.25, 0.3) is 0 Å². The number of nitrogens with zero attached hydrogens (tertiary/aromatic N) is 3. The summed E-state index contributed by atoms with van der Waals surface area (Å²) >= 11 is 0. The molecule has 0 bridgehead atoms. The Morgan fingerprint density at radius 2 is 1.67 bits per heavy atom. The minimum absolute atomic E-state index is 0.248. The van der Waals surface area contributed by atoms with Gasteiger partial charge in [-0.05, 0) is 70.0 Å². The number of carbonyl (C=O) groups excluding carboxylic acids is 1. The second kappa shape index (κ2) is 9.48. The summed E-state index contributed by atoms with van der Waals surface area (Å²) in [5.41, 5.74) is 2.75. The predicted molar refractivity (Wildman–Crippen MR) is 126 cm³/mol. The number of methoxy groups -OCH3 is 1. The lowest BCUT2D eigenvalue weighted by Gasteiger charge is -2.26. The quantitative estimate of drug-likeness (QED) is 0.433. The molecular formula is C26H29N3O4. The third kappa shape index (κ3) is 6.00. The van der Waals surface area contributed by atoms with Gasteiger partial charge in [-0.15, -0.1) is 0 Å². The van der Waals surface area contributed by atoms with Gasteiger partial charge in [-0.3, -0.25) is 0 Å². The van der Waals surface area contributed by atoms with Gasteiger partial charge in [0.2, 0.25) is 0 Å². The molecule has 1 fully saturated rings. The van der Waals surface area contributed by atoms with E-state index in [1.807, 2.05) is 51.1 Å². The maximum atomic E-state index is 12.4. The van der Waals surface area contributed by atoms with Crippen LogP contribution in [0.1, 0.15) is 49.5 Å². The minimum atomic E-state index is -0.545. The van der Waals surface area contributed by atoms with E-state index >= 15 is 0 Å². The summed E-state index contributed by atoms with van der Waals surface area (Å²) in [5, 5.41) is 0. The highest BCUT2D eigenvalue weighted by molar-refractivity contribution is 5.90. The number of esters is 1. The van der Waals surface area contributed by atoms with Crippen LogP contribution in [0.4, 0.5) is 11.4 Å². The van der Waals surface area contributed by atoms with E-state index in [4.69, 9.17) is 14.2 Å². The maximum Gasteiger partial charge on any atom is 0.338 e. The fourth-order valence-corrected chi connectivity index (χ4v) is 3.33. The van der Waals surface area contributed by atoms with Crippen LogP contribution in [-0.2, 0) is 11.3 Å². The first kappa shape index (κ1) is 22.6. The van der Waals surface area contributed by atoms with Crippen LogP contribution < -0.4 is 14.4 Å². The number of hydrogen-bond donors (Lipinski definition) is 0. The molecule has 0 amide bonds. The Morgan fingerprint density at radius 3 is 2.27 bits per heavy atom. The van der Waals surface area contributed by atoms with Crippen molar-refractivity contribution < 1.29 is 19.0 Å². The molecule has 1 saturated carbocycles. The smallest absolute Gasteiger partial charge is 0.338 e. The molecule has 172 valence electrons. The van der Waals surface area contributed by atoms with Crippen molar-refractivity contribution in [1.82, 2.24) is 9.97 Å². The van der Waals surface area contributed by atoms with Crippen molar-refractivity contribution in [2.24, 2.45) is 0 Å². The number of rotatable bonds is 8. The Labute approximate surface area is 194 Å². The molecule has 1 aliphatic rings. The molecule has 1 aliphatic carbocycles. The second-order valence-corrected chi connectivity index (χ2v) is 9.03. The van der Waals surface area contributed by atoms with Gasteiger partial charge in [-0.1, -0.05) is 0 Å². The van der Waals surface area contributed by atoms with Crippen LogP contribution in [0.3, 0.4) is 0 Å². The molecule has 0 radical (unpaired) electrons. The average molecular weight is 448 g/mol. The number of anilines is 2. The van der Waals surface area contributed by atoms with Crippen LogP contribution >= 0.6 is 0 Å². The topological polar surface area (TPSA) is 73.8 Å². The molecule has 0 N–H and O–H groups in total. The number of carbonyl (C=O) groups is 1. The molecule has 1 heterocycles. The van der Waals surface area contributed by atoms with Crippen molar-refractivity contribution in [3.8, 4) is 11.5 Å². The summed E-state index contributed by atoms with van der Waals surface area (Å²) in [7, 11) is 1.64. The van der Waals surface area contributed by atoms with Gasteiger partial charge in [0, 0.05) is 35.4 Å². The zero-order valence-electron chi connectivity index (χ0n) is 19.4. The SMILES string of the molecule is COc1ccc(N(Cc2cncnc2)c2ccc(C(=O)OC(C)(C)C)cc2)cc1OC1CC1. The molecule has 33 heavy (non-hydrogen) atoms. The molecule has 1 aromatic heterocycles. The Kier molecular flexibility index (Phi) is 6.49. The van der Waals surface area contributed by atoms with Crippen LogP contribution in [0.5, 0.6) is 11.5 Å². The van der Waals surface area contributed by atoms with Gasteiger partial charge in [0.15, 0.2) is 11.5 Å². The normalized spacial score (nSPS) is 13.3. The van der Waals surface area contributed by atoms with Crippen LogP contribution in [-0.4, -0.2) is 34.8 Å². The lowest BCUT2D eigenvalue weighted by molar-refractivity contribution is 0.00695. The van der Waals surface area contributed by atoms with E-state index in [9.17, 15) is 4.79 Å². The predicted octanol–water partition coefficient (Wildman–Crippen LogP) is 5.32. The molecule has 0 unspecified atom stereocenters. The second-order valence-electron chi connectivity index (χ2n) is 9.03. The molecule has 7 heteroatoms. The molecule has 7 nitrogen and oxygen atoms in total. The number of aromatic nitrogens is 2. The van der Waals surface area contributed by atoms with Gasteiger partial charge in [0.1, 0.15) is 11.9 Å². The van der Waals surface area contributed by atoms with Crippen LogP contribution in [0.15, 0.2) is 61.2 Å². The van der Waals surface area contributed by atoms with Crippen LogP contribution in [0.2, 0.25) is 0 Å². The Hall–Kier alpha value is -3.61. The Morgan fingerprint density at radius 1 is 1.00 bits per heavy atom. The highest BCUT2D eigenvalue weighted by Gasteiger charge is 2.26. The summed E-state index contributed by atoms with van der Waals surface area (Å²) in [6.45, 7) is 6.11. The summed E-state index contributed by atoms with van der Waals surface area (Å²) in [6.07, 6.45) is 7.46. The van der Waals surface area contributed by atoms with Gasteiger partial charge < -0.3 is 19.1 Å². The standard InChI is InChI=1S/C26H29N3O4/c1-26(2,3)33-25(30)19-5-7-20(8-6-19)29(16-18-14-27-17-28-15-18)21-9-12-23(31-4)24(13-21)32-22-10-11-22/h5-9,12-15,17,22H,10-11,16H2,1-4H3. The van der Waals surface area contributed by atoms with E-state index < -0.39 is 5.60 Å². The molecule has 0 aliphatic heterocycles. The van der Waals surface area contributed by atoms with E-state index in [1.165, 1.54) is 6.33 Å². The van der Waals surface area contributed by atoms with Gasteiger partial charge in [0.05, 0.1) is 25.3 Å². The zero-order chi connectivity index (χ0) is 23.4. The van der Waals surface area contributed by atoms with E-state index in [0.717, 1.165) is 35.5 Å². The third-order valence-electron chi connectivity index (χ3n) is 5.05. The van der Waals surface area contributed by atoms with Crippen molar-refractivity contribution in [2.45, 2.75) is 51.9 Å². The van der Waals surface area contributed by atoms with Crippen molar-refractivity contribution >= 4 is 17.3 Å². The fourth-order valence-electron chi connectivity index (χ4n) is 3.33. The zero-order valence-corrected chi connectivity index (χ0v) is 19.4. The van der Waals surface area contributed by atoms with Gasteiger partial charge >= 0.3 is 5.97 Å². The first-order valence-electron chi connectivity index (χ1n) is 11.0. The molecule has 0 saturated heterocycles. The first-order valence-corrected chi connectivity index (χ1v) is 11.0. The van der Waals surface area contributed by atoms with Crippen molar-refractivity contribution in [3.05, 3.63) is 72.3 Å².